The molecule has 2 aromatic rings. The number of oxazole rings is 1. The van der Waals surface area contributed by atoms with Crippen molar-refractivity contribution in [2.75, 3.05) is 5.32 Å². The third-order valence-corrected chi connectivity index (χ3v) is 4.41. The van der Waals surface area contributed by atoms with E-state index in [4.69, 9.17) is 4.42 Å². The predicted octanol–water partition coefficient (Wildman–Crippen LogP) is 4.56. The van der Waals surface area contributed by atoms with Crippen LogP contribution in [0.15, 0.2) is 35.2 Å². The second kappa shape index (κ2) is 5.29. The van der Waals surface area contributed by atoms with Gasteiger partial charge in [-0.25, -0.2) is 4.98 Å². The number of benzene rings is 1. The first-order valence-corrected chi connectivity index (χ1v) is 7.78. The maximum atomic E-state index is 13.7. The van der Waals surface area contributed by atoms with E-state index in [0.717, 1.165) is 35.4 Å². The highest BCUT2D eigenvalue weighted by Crippen LogP contribution is 2.46. The second-order valence-corrected chi connectivity index (χ2v) is 7.03. The van der Waals surface area contributed by atoms with E-state index in [9.17, 15) is 13.6 Å². The summed E-state index contributed by atoms with van der Waals surface area (Å²) in [5.41, 5.74) is 0.203. The Bertz CT molecular complexity index is 707. The molecule has 0 spiro atoms. The first-order valence-electron chi connectivity index (χ1n) is 6.71. The summed E-state index contributed by atoms with van der Waals surface area (Å²) < 4.78 is 29.4. The van der Waals surface area contributed by atoms with Gasteiger partial charge in [-0.05, 0) is 31.0 Å². The molecule has 7 heteroatoms. The molecule has 1 aromatic heterocycles. The lowest BCUT2D eigenvalue weighted by Crippen LogP contribution is -2.21. The molecule has 116 valence electrons. The standard InChI is InChI=1S/C15H13F2IN2O2/c1-14(2-3-14)13(21)20-11-5-9(12-7-19-8-22-12)4-10(6-11)15(16,17)18/h4-8H,2-3H2,1H3,(H,20,21). The molecule has 0 atom stereocenters. The van der Waals surface area contributed by atoms with Crippen LogP contribution < -0.4 is 5.32 Å². The van der Waals surface area contributed by atoms with Crippen molar-refractivity contribution >= 4 is 34.2 Å². The summed E-state index contributed by atoms with van der Waals surface area (Å²) in [6, 6.07) is 4.23. The quantitative estimate of drug-likeness (QED) is 0.585. The second-order valence-electron chi connectivity index (χ2n) is 5.68. The van der Waals surface area contributed by atoms with Gasteiger partial charge >= 0.3 is 3.93 Å². The number of nitrogens with one attached hydrogen (secondary N) is 1. The zero-order valence-corrected chi connectivity index (χ0v) is 13.9. The van der Waals surface area contributed by atoms with Crippen molar-refractivity contribution in [3.63, 3.8) is 0 Å². The van der Waals surface area contributed by atoms with E-state index in [1.807, 2.05) is 6.92 Å². The molecule has 1 aliphatic rings. The van der Waals surface area contributed by atoms with E-state index < -0.39 is 3.93 Å². The van der Waals surface area contributed by atoms with Gasteiger partial charge in [0.2, 0.25) is 5.91 Å². The van der Waals surface area contributed by atoms with E-state index >= 15 is 0 Å². The van der Waals surface area contributed by atoms with Gasteiger partial charge in [0.25, 0.3) is 0 Å². The SMILES string of the molecule is CC1(C(=O)Nc2cc(-c3cnco3)cc(C(F)(F)I)c2)CC1. The van der Waals surface area contributed by atoms with Gasteiger partial charge < -0.3 is 9.73 Å². The Kier molecular flexibility index (Phi) is 3.70. The molecular weight excluding hydrogens is 405 g/mol. The van der Waals surface area contributed by atoms with Crippen LogP contribution >= 0.6 is 22.6 Å². The minimum Gasteiger partial charge on any atom is -0.444 e. The molecule has 0 bridgehead atoms. The molecule has 0 unspecified atom stereocenters. The van der Waals surface area contributed by atoms with Crippen LogP contribution in [0, 0.1) is 5.41 Å². The van der Waals surface area contributed by atoms with E-state index in [0.29, 0.717) is 17.0 Å². The monoisotopic (exact) mass is 418 g/mol. The van der Waals surface area contributed by atoms with Crippen LogP contribution in [0.1, 0.15) is 25.3 Å². The summed E-state index contributed by atoms with van der Waals surface area (Å²) in [4.78, 5) is 15.9. The summed E-state index contributed by atoms with van der Waals surface area (Å²) in [6.45, 7) is 1.86. The lowest BCUT2D eigenvalue weighted by atomic mass is 10.1. The van der Waals surface area contributed by atoms with Gasteiger partial charge in [0.05, 0.1) is 6.20 Å². The molecule has 4 nitrogen and oxygen atoms in total. The Hall–Kier alpha value is -1.51. The molecule has 1 aliphatic carbocycles. The summed E-state index contributed by atoms with van der Waals surface area (Å²) in [5, 5.41) is 2.72. The van der Waals surface area contributed by atoms with Gasteiger partial charge in [0, 0.05) is 44.8 Å². The van der Waals surface area contributed by atoms with Crippen LogP contribution in [0.4, 0.5) is 14.5 Å². The highest BCUT2D eigenvalue weighted by molar-refractivity contribution is 14.1. The average molecular weight is 418 g/mol. The van der Waals surface area contributed by atoms with Crippen LogP contribution in [0.2, 0.25) is 0 Å². The number of amides is 1. The molecule has 0 saturated heterocycles. The smallest absolute Gasteiger partial charge is 0.321 e. The molecule has 22 heavy (non-hydrogen) atoms. The van der Waals surface area contributed by atoms with Crippen LogP contribution in [0.25, 0.3) is 11.3 Å². The first-order chi connectivity index (χ1) is 10.3. The topological polar surface area (TPSA) is 55.1 Å². The van der Waals surface area contributed by atoms with Crippen molar-refractivity contribution in [1.29, 1.82) is 0 Å². The van der Waals surface area contributed by atoms with Gasteiger partial charge in [-0.3, -0.25) is 4.79 Å². The molecular formula is C15H13F2IN2O2. The van der Waals surface area contributed by atoms with Crippen LogP contribution in [0.5, 0.6) is 0 Å². The third-order valence-electron chi connectivity index (χ3n) is 3.78. The summed E-state index contributed by atoms with van der Waals surface area (Å²) >= 11 is 1.06. The normalized spacial score (nSPS) is 16.4. The van der Waals surface area contributed by atoms with Crippen molar-refractivity contribution in [2.24, 2.45) is 5.41 Å². The van der Waals surface area contributed by atoms with Gasteiger partial charge in [0.1, 0.15) is 0 Å². The van der Waals surface area contributed by atoms with Crippen molar-refractivity contribution in [1.82, 2.24) is 4.98 Å². The predicted molar refractivity (Wildman–Crippen MR) is 85.8 cm³/mol. The minimum absolute atomic E-state index is 0.148. The lowest BCUT2D eigenvalue weighted by Gasteiger charge is -2.15. The summed E-state index contributed by atoms with van der Waals surface area (Å²) in [5.74, 6) is 0.223. The number of carbonyl (C=O) groups is 1. The molecule has 1 heterocycles. The Morgan fingerprint density at radius 3 is 2.68 bits per heavy atom. The van der Waals surface area contributed by atoms with Crippen molar-refractivity contribution < 1.29 is 18.0 Å². The van der Waals surface area contributed by atoms with Gasteiger partial charge in [-0.15, -0.1) is 0 Å². The molecule has 0 aliphatic heterocycles. The van der Waals surface area contributed by atoms with Crippen LogP contribution in [0.3, 0.4) is 0 Å². The zero-order valence-electron chi connectivity index (χ0n) is 11.7. The number of anilines is 1. The Morgan fingerprint density at radius 2 is 2.14 bits per heavy atom. The first kappa shape index (κ1) is 15.4. The maximum Gasteiger partial charge on any atom is 0.321 e. The number of nitrogens with zero attached hydrogens (tertiary/aromatic N) is 1. The van der Waals surface area contributed by atoms with Crippen molar-refractivity contribution in [3.05, 3.63) is 36.4 Å². The van der Waals surface area contributed by atoms with Crippen LogP contribution in [-0.2, 0) is 8.72 Å². The van der Waals surface area contributed by atoms with E-state index in [1.165, 1.54) is 24.7 Å². The third kappa shape index (κ3) is 3.13. The fourth-order valence-corrected chi connectivity index (χ4v) is 2.37. The number of carbonyl (C=O) groups excluding carboxylic acids is 1. The molecule has 0 radical (unpaired) electrons. The highest BCUT2D eigenvalue weighted by atomic mass is 127. The fraction of sp³-hybridized carbons (Fsp3) is 0.333. The number of hydrogen-bond donors (Lipinski definition) is 1. The summed E-state index contributed by atoms with van der Waals surface area (Å²) in [6.07, 6.45) is 4.30. The fourth-order valence-electron chi connectivity index (χ4n) is 2.06. The highest BCUT2D eigenvalue weighted by Gasteiger charge is 2.45. The number of hydrogen-bond acceptors (Lipinski definition) is 3. The number of halogens is 3. The molecule has 1 aromatic carbocycles. The van der Waals surface area contributed by atoms with E-state index in [1.54, 1.807) is 6.07 Å². The van der Waals surface area contributed by atoms with Gasteiger partial charge in [-0.1, -0.05) is 6.92 Å². The largest absolute Gasteiger partial charge is 0.444 e. The Morgan fingerprint density at radius 1 is 1.41 bits per heavy atom. The van der Waals surface area contributed by atoms with Crippen LogP contribution in [-0.4, -0.2) is 10.9 Å². The van der Waals surface area contributed by atoms with Crippen molar-refractivity contribution in [3.8, 4) is 11.3 Å². The Balaban J connectivity index is 1.98. The van der Waals surface area contributed by atoms with E-state index in [-0.39, 0.29) is 16.9 Å². The number of rotatable bonds is 4. The summed E-state index contributed by atoms with van der Waals surface area (Å²) in [7, 11) is 0. The minimum atomic E-state index is -3.04. The number of aromatic nitrogens is 1. The molecule has 3 rings (SSSR count). The molecule has 1 saturated carbocycles. The maximum absolute atomic E-state index is 13.7. The average Bonchev–Trinajstić information content (AvgIpc) is 3.00. The lowest BCUT2D eigenvalue weighted by molar-refractivity contribution is -0.120. The van der Waals surface area contributed by atoms with Crippen molar-refractivity contribution in [2.45, 2.75) is 23.7 Å². The van der Waals surface area contributed by atoms with Gasteiger partial charge in [0.15, 0.2) is 12.2 Å². The zero-order chi connectivity index (χ0) is 16.0. The molecule has 1 amide bonds. The number of alkyl halides is 3. The molecule has 1 fully saturated rings. The Labute approximate surface area is 139 Å². The molecule has 1 N–H and O–H groups in total. The van der Waals surface area contributed by atoms with Gasteiger partial charge in [-0.2, -0.15) is 8.78 Å². The van der Waals surface area contributed by atoms with E-state index in [2.05, 4.69) is 10.3 Å².